The Morgan fingerprint density at radius 2 is 2.13 bits per heavy atom. The molecular formula is C12H18N2O. The van der Waals surface area contributed by atoms with Gasteiger partial charge in [-0.05, 0) is 24.5 Å². The molecule has 1 saturated carbocycles. The van der Waals surface area contributed by atoms with Crippen LogP contribution in [-0.2, 0) is 23.4 Å². The van der Waals surface area contributed by atoms with Crippen LogP contribution in [0, 0.1) is 0 Å². The first-order valence-corrected chi connectivity index (χ1v) is 5.85. The maximum absolute atomic E-state index is 6.48. The van der Waals surface area contributed by atoms with Gasteiger partial charge in [0, 0.05) is 24.0 Å². The summed E-state index contributed by atoms with van der Waals surface area (Å²) in [7, 11) is 0. The summed E-state index contributed by atoms with van der Waals surface area (Å²) in [5.74, 6) is 0. The Hall–Kier alpha value is -0.800. The summed E-state index contributed by atoms with van der Waals surface area (Å²) in [6.07, 6.45) is 6.96. The smallest absolute Gasteiger partial charge is 0.0872 e. The molecule has 0 bridgehead atoms. The van der Waals surface area contributed by atoms with Gasteiger partial charge in [-0.3, -0.25) is 0 Å². The fourth-order valence-corrected chi connectivity index (χ4v) is 2.94. The van der Waals surface area contributed by atoms with Gasteiger partial charge in [-0.1, -0.05) is 12.8 Å². The summed E-state index contributed by atoms with van der Waals surface area (Å²) in [4.78, 5) is 0. The second-order valence-electron chi connectivity index (χ2n) is 4.79. The van der Waals surface area contributed by atoms with Crippen molar-refractivity contribution >= 4 is 0 Å². The lowest BCUT2D eigenvalue weighted by molar-refractivity contribution is 0.0832. The largest absolute Gasteiger partial charge is 0.373 e. The number of hydrogen-bond acceptors (Lipinski definition) is 2. The molecule has 3 nitrogen and oxygen atoms in total. The van der Waals surface area contributed by atoms with Crippen molar-refractivity contribution in [1.29, 1.82) is 0 Å². The lowest BCUT2D eigenvalue weighted by atomic mass is 9.89. The Bertz CT molecular complexity index is 364. The van der Waals surface area contributed by atoms with Crippen molar-refractivity contribution in [1.82, 2.24) is 4.57 Å². The number of aromatic nitrogens is 1. The third kappa shape index (κ3) is 1.42. The fourth-order valence-electron chi connectivity index (χ4n) is 2.94. The molecule has 0 saturated heterocycles. The first-order valence-electron chi connectivity index (χ1n) is 5.85. The van der Waals surface area contributed by atoms with Gasteiger partial charge in [-0.15, -0.1) is 0 Å². The number of fused-ring (bicyclic) bond motifs is 1. The molecule has 0 spiro atoms. The molecule has 15 heavy (non-hydrogen) atoms. The Morgan fingerprint density at radius 1 is 1.33 bits per heavy atom. The summed E-state index contributed by atoms with van der Waals surface area (Å²) in [6, 6.07) is 2.20. The molecule has 1 aromatic heterocycles. The lowest BCUT2D eigenvalue weighted by Crippen LogP contribution is -2.34. The molecule has 0 unspecified atom stereocenters. The van der Waals surface area contributed by atoms with Gasteiger partial charge in [-0.25, -0.2) is 0 Å². The molecule has 0 aromatic carbocycles. The summed E-state index contributed by atoms with van der Waals surface area (Å²) in [5.41, 5.74) is 9.06. The lowest BCUT2D eigenvalue weighted by Gasteiger charge is -2.27. The maximum Gasteiger partial charge on any atom is 0.0872 e. The molecule has 1 aromatic rings. The standard InChI is InChI=1S/C12H18N2O/c13-12(4-1-2-5-12)10-3-6-14-7-8-15-9-11(10)14/h3,6H,1-2,4-5,7-9,13H2. The summed E-state index contributed by atoms with van der Waals surface area (Å²) < 4.78 is 7.82. The zero-order chi connectivity index (χ0) is 10.3. The van der Waals surface area contributed by atoms with E-state index in [1.54, 1.807) is 0 Å². The number of hydrogen-bond donors (Lipinski definition) is 1. The molecule has 1 aliphatic heterocycles. The van der Waals surface area contributed by atoms with Crippen molar-refractivity contribution in [3.8, 4) is 0 Å². The predicted molar refractivity (Wildman–Crippen MR) is 58.4 cm³/mol. The second-order valence-corrected chi connectivity index (χ2v) is 4.79. The van der Waals surface area contributed by atoms with Crippen molar-refractivity contribution in [2.75, 3.05) is 6.61 Å². The minimum atomic E-state index is -0.0682. The van der Waals surface area contributed by atoms with Crippen LogP contribution in [0.15, 0.2) is 12.3 Å². The monoisotopic (exact) mass is 206 g/mol. The molecule has 82 valence electrons. The van der Waals surface area contributed by atoms with E-state index in [4.69, 9.17) is 10.5 Å². The van der Waals surface area contributed by atoms with Gasteiger partial charge < -0.3 is 15.0 Å². The second kappa shape index (κ2) is 3.35. The van der Waals surface area contributed by atoms with E-state index in [1.165, 1.54) is 24.1 Å². The summed E-state index contributed by atoms with van der Waals surface area (Å²) in [6.45, 7) is 2.55. The minimum Gasteiger partial charge on any atom is -0.373 e. The van der Waals surface area contributed by atoms with E-state index in [0.717, 1.165) is 32.6 Å². The molecule has 0 amide bonds. The van der Waals surface area contributed by atoms with Crippen LogP contribution >= 0.6 is 0 Å². The highest BCUT2D eigenvalue weighted by molar-refractivity contribution is 5.31. The van der Waals surface area contributed by atoms with E-state index in [1.807, 2.05) is 0 Å². The molecule has 3 rings (SSSR count). The maximum atomic E-state index is 6.48. The van der Waals surface area contributed by atoms with Crippen molar-refractivity contribution in [3.05, 3.63) is 23.5 Å². The van der Waals surface area contributed by atoms with E-state index >= 15 is 0 Å². The van der Waals surface area contributed by atoms with Gasteiger partial charge in [0.2, 0.25) is 0 Å². The van der Waals surface area contributed by atoms with Gasteiger partial charge in [0.15, 0.2) is 0 Å². The first-order chi connectivity index (χ1) is 7.30. The van der Waals surface area contributed by atoms with Gasteiger partial charge in [0.25, 0.3) is 0 Å². The van der Waals surface area contributed by atoms with Crippen molar-refractivity contribution in [3.63, 3.8) is 0 Å². The normalized spacial score (nSPS) is 24.1. The quantitative estimate of drug-likeness (QED) is 0.760. The highest BCUT2D eigenvalue weighted by Gasteiger charge is 2.34. The van der Waals surface area contributed by atoms with Crippen molar-refractivity contribution < 1.29 is 4.74 Å². The van der Waals surface area contributed by atoms with Crippen LogP contribution in [0.25, 0.3) is 0 Å². The van der Waals surface area contributed by atoms with Crippen LogP contribution in [0.5, 0.6) is 0 Å². The Kier molecular flexibility index (Phi) is 2.11. The number of nitrogens with two attached hydrogens (primary N) is 1. The average molecular weight is 206 g/mol. The van der Waals surface area contributed by atoms with Crippen LogP contribution in [0.3, 0.4) is 0 Å². The van der Waals surface area contributed by atoms with E-state index in [0.29, 0.717) is 0 Å². The molecular weight excluding hydrogens is 188 g/mol. The van der Waals surface area contributed by atoms with Crippen LogP contribution in [0.4, 0.5) is 0 Å². The zero-order valence-electron chi connectivity index (χ0n) is 9.04. The van der Waals surface area contributed by atoms with Gasteiger partial charge in [0.05, 0.1) is 13.2 Å². The number of ether oxygens (including phenoxy) is 1. The van der Waals surface area contributed by atoms with Crippen LogP contribution < -0.4 is 5.73 Å². The van der Waals surface area contributed by atoms with Crippen molar-refractivity contribution in [2.24, 2.45) is 5.73 Å². The van der Waals surface area contributed by atoms with Crippen molar-refractivity contribution in [2.45, 2.75) is 44.4 Å². The third-order valence-electron chi connectivity index (χ3n) is 3.83. The van der Waals surface area contributed by atoms with Crippen LogP contribution in [0.2, 0.25) is 0 Å². The van der Waals surface area contributed by atoms with Crippen LogP contribution in [-0.4, -0.2) is 11.2 Å². The molecule has 1 aliphatic carbocycles. The topological polar surface area (TPSA) is 40.2 Å². The summed E-state index contributed by atoms with van der Waals surface area (Å²) >= 11 is 0. The van der Waals surface area contributed by atoms with Gasteiger partial charge in [0.1, 0.15) is 0 Å². The van der Waals surface area contributed by atoms with Crippen LogP contribution in [0.1, 0.15) is 36.9 Å². The van der Waals surface area contributed by atoms with Gasteiger partial charge in [-0.2, -0.15) is 0 Å². The summed E-state index contributed by atoms with van der Waals surface area (Å²) in [5, 5.41) is 0. The zero-order valence-corrected chi connectivity index (χ0v) is 9.04. The minimum absolute atomic E-state index is 0.0682. The van der Waals surface area contributed by atoms with E-state index in [9.17, 15) is 0 Å². The molecule has 1 fully saturated rings. The highest BCUT2D eigenvalue weighted by Crippen LogP contribution is 2.38. The first kappa shape index (κ1) is 9.43. The predicted octanol–water partition coefficient (Wildman–Crippen LogP) is 1.75. The molecule has 0 atom stereocenters. The third-order valence-corrected chi connectivity index (χ3v) is 3.83. The highest BCUT2D eigenvalue weighted by atomic mass is 16.5. The van der Waals surface area contributed by atoms with E-state index < -0.39 is 0 Å². The Balaban J connectivity index is 2.00. The van der Waals surface area contributed by atoms with E-state index in [2.05, 4.69) is 16.8 Å². The van der Waals surface area contributed by atoms with Gasteiger partial charge >= 0.3 is 0 Å². The number of rotatable bonds is 1. The van der Waals surface area contributed by atoms with E-state index in [-0.39, 0.29) is 5.54 Å². The SMILES string of the molecule is NC1(c2ccn3c2COCC3)CCCC1. The number of nitrogens with zero attached hydrogens (tertiary/aromatic N) is 1. The Morgan fingerprint density at radius 3 is 2.93 bits per heavy atom. The molecule has 2 N–H and O–H groups in total. The molecule has 0 radical (unpaired) electrons. The molecule has 3 heteroatoms. The molecule has 2 heterocycles. The average Bonchev–Trinajstić information content (AvgIpc) is 2.84. The Labute approximate surface area is 90.2 Å². The fraction of sp³-hybridized carbons (Fsp3) is 0.667. The molecule has 2 aliphatic rings.